The highest BCUT2D eigenvalue weighted by molar-refractivity contribution is 5.87. The smallest absolute Gasteiger partial charge is 0.336 e. The summed E-state index contributed by atoms with van der Waals surface area (Å²) in [6, 6.07) is 0. The summed E-state index contributed by atoms with van der Waals surface area (Å²) in [7, 11) is 0. The van der Waals surface area contributed by atoms with Crippen molar-refractivity contribution in [1.29, 1.82) is 0 Å². The van der Waals surface area contributed by atoms with Crippen LogP contribution < -0.4 is 0 Å². The Labute approximate surface area is 95.7 Å². The molecule has 0 aliphatic rings. The van der Waals surface area contributed by atoms with Gasteiger partial charge in [-0.2, -0.15) is 0 Å². The van der Waals surface area contributed by atoms with Gasteiger partial charge >= 0.3 is 5.97 Å². The molecule has 0 rings (SSSR count). The second-order valence-electron chi connectivity index (χ2n) is 3.46. The third-order valence-electron chi connectivity index (χ3n) is 1.81. The van der Waals surface area contributed by atoms with E-state index < -0.39 is 12.1 Å². The van der Waals surface area contributed by atoms with Crippen LogP contribution in [0.4, 0.5) is 0 Å². The maximum Gasteiger partial charge on any atom is 0.336 e. The van der Waals surface area contributed by atoms with Crippen molar-refractivity contribution in [1.82, 2.24) is 0 Å². The number of unbranched alkanes of at least 4 members (excludes halogenated alkanes) is 1. The topological polar surface area (TPSA) is 76.0 Å². The van der Waals surface area contributed by atoms with Crippen molar-refractivity contribution in [3.63, 3.8) is 0 Å². The molecule has 0 aliphatic heterocycles. The molecule has 0 saturated heterocycles. The molecular formula is C11H20O5. The molecule has 0 saturated carbocycles. The monoisotopic (exact) mass is 232 g/mol. The normalized spacial score (nSPS) is 13.4. The van der Waals surface area contributed by atoms with Gasteiger partial charge in [-0.25, -0.2) is 4.79 Å². The number of aliphatic hydroxyl groups excluding tert-OH is 2. The van der Waals surface area contributed by atoms with Crippen molar-refractivity contribution >= 4 is 5.97 Å². The first-order valence-corrected chi connectivity index (χ1v) is 5.36. The van der Waals surface area contributed by atoms with Crippen LogP contribution in [0, 0.1) is 0 Å². The molecule has 5 nitrogen and oxygen atoms in total. The summed E-state index contributed by atoms with van der Waals surface area (Å²) in [5, 5.41) is 17.5. The van der Waals surface area contributed by atoms with Crippen LogP contribution in [0.25, 0.3) is 0 Å². The summed E-state index contributed by atoms with van der Waals surface area (Å²) in [6.45, 7) is 3.57. The molecule has 5 heteroatoms. The molecule has 2 N–H and O–H groups in total. The highest BCUT2D eigenvalue weighted by Crippen LogP contribution is 1.99. The molecule has 0 bridgehead atoms. The molecule has 0 radical (unpaired) electrons. The minimum Gasteiger partial charge on any atom is -0.498 e. The van der Waals surface area contributed by atoms with Gasteiger partial charge in [0.05, 0.1) is 25.0 Å². The molecule has 94 valence electrons. The second kappa shape index (κ2) is 9.18. The lowest BCUT2D eigenvalue weighted by Gasteiger charge is -2.07. The highest BCUT2D eigenvalue weighted by Gasteiger charge is 2.06. The average Bonchev–Trinajstić information content (AvgIpc) is 2.28. The molecule has 0 aromatic heterocycles. The number of rotatable bonds is 8. The largest absolute Gasteiger partial charge is 0.498 e. The average molecular weight is 232 g/mol. The number of hydrogen-bond acceptors (Lipinski definition) is 5. The van der Waals surface area contributed by atoms with Crippen LogP contribution >= 0.6 is 0 Å². The summed E-state index contributed by atoms with van der Waals surface area (Å²) >= 11 is 0. The molecule has 1 unspecified atom stereocenters. The van der Waals surface area contributed by atoms with Gasteiger partial charge in [0.25, 0.3) is 0 Å². The van der Waals surface area contributed by atoms with Crippen molar-refractivity contribution < 1.29 is 24.5 Å². The first-order chi connectivity index (χ1) is 7.61. The Kier molecular flexibility index (Phi) is 8.56. The Morgan fingerprint density at radius 2 is 2.19 bits per heavy atom. The molecule has 0 aromatic rings. The third-order valence-corrected chi connectivity index (χ3v) is 1.81. The Balaban J connectivity index is 3.79. The van der Waals surface area contributed by atoms with Gasteiger partial charge in [0.1, 0.15) is 12.7 Å². The summed E-state index contributed by atoms with van der Waals surface area (Å²) in [5.74, 6) is -0.424. The van der Waals surface area contributed by atoms with E-state index in [-0.39, 0.29) is 13.2 Å². The molecule has 1 atom stereocenters. The quantitative estimate of drug-likeness (QED) is 0.277. The highest BCUT2D eigenvalue weighted by atomic mass is 16.5. The number of aliphatic hydroxyl groups is 2. The predicted molar refractivity (Wildman–Crippen MR) is 58.7 cm³/mol. The van der Waals surface area contributed by atoms with Crippen LogP contribution in [0.5, 0.6) is 0 Å². The lowest BCUT2D eigenvalue weighted by molar-refractivity contribution is -0.139. The maximum absolute atomic E-state index is 11.3. The number of carbonyl (C=O) groups excluding carboxylic acids is 1. The van der Waals surface area contributed by atoms with E-state index in [1.165, 1.54) is 6.26 Å². The lowest BCUT2D eigenvalue weighted by atomic mass is 10.3. The predicted octanol–water partition coefficient (Wildman–Crippen LogP) is 0.603. The molecule has 0 aromatic carbocycles. The van der Waals surface area contributed by atoms with Crippen LogP contribution in [0.2, 0.25) is 0 Å². The van der Waals surface area contributed by atoms with Gasteiger partial charge in [-0.1, -0.05) is 13.3 Å². The van der Waals surface area contributed by atoms with Crippen LogP contribution in [0.3, 0.4) is 0 Å². The summed E-state index contributed by atoms with van der Waals surface area (Å²) in [6.07, 6.45) is 2.10. The summed E-state index contributed by atoms with van der Waals surface area (Å²) in [5.41, 5.74) is 0.334. The molecule has 16 heavy (non-hydrogen) atoms. The van der Waals surface area contributed by atoms with Crippen molar-refractivity contribution in [2.45, 2.75) is 32.8 Å². The van der Waals surface area contributed by atoms with E-state index in [0.29, 0.717) is 12.2 Å². The van der Waals surface area contributed by atoms with Crippen LogP contribution in [0.1, 0.15) is 26.7 Å². The minimum absolute atomic E-state index is 0.0456. The van der Waals surface area contributed by atoms with Crippen LogP contribution in [-0.2, 0) is 14.3 Å². The van der Waals surface area contributed by atoms with E-state index in [2.05, 4.69) is 0 Å². The number of hydrogen-bond donors (Lipinski definition) is 2. The molecule has 0 fully saturated rings. The Hall–Kier alpha value is -1.07. The molecule has 0 heterocycles. The molecule has 0 amide bonds. The van der Waals surface area contributed by atoms with Crippen molar-refractivity contribution in [3.05, 3.63) is 11.8 Å². The van der Waals surface area contributed by atoms with Gasteiger partial charge in [-0.3, -0.25) is 0 Å². The van der Waals surface area contributed by atoms with Crippen LogP contribution in [0.15, 0.2) is 11.8 Å². The Bertz CT molecular complexity index is 224. The molecular weight excluding hydrogens is 212 g/mol. The SMILES string of the molecule is CCCCOC(=O)C(C)=COCC(O)CO. The minimum atomic E-state index is -0.930. The number of carbonyl (C=O) groups is 1. The fourth-order valence-electron chi connectivity index (χ4n) is 0.808. The molecule has 0 aliphatic carbocycles. The summed E-state index contributed by atoms with van der Waals surface area (Å²) in [4.78, 5) is 11.3. The van der Waals surface area contributed by atoms with Gasteiger partial charge in [-0.05, 0) is 13.3 Å². The number of esters is 1. The third kappa shape index (κ3) is 7.25. The zero-order chi connectivity index (χ0) is 12.4. The van der Waals surface area contributed by atoms with Gasteiger partial charge < -0.3 is 19.7 Å². The van der Waals surface area contributed by atoms with Crippen molar-refractivity contribution in [2.75, 3.05) is 19.8 Å². The maximum atomic E-state index is 11.3. The van der Waals surface area contributed by atoms with E-state index in [0.717, 1.165) is 12.8 Å². The Morgan fingerprint density at radius 3 is 2.75 bits per heavy atom. The van der Waals surface area contributed by atoms with E-state index in [1.807, 2.05) is 6.92 Å². The number of ether oxygens (including phenoxy) is 2. The fraction of sp³-hybridized carbons (Fsp3) is 0.727. The van der Waals surface area contributed by atoms with Gasteiger partial charge in [0, 0.05) is 0 Å². The van der Waals surface area contributed by atoms with E-state index >= 15 is 0 Å². The van der Waals surface area contributed by atoms with E-state index in [4.69, 9.17) is 19.7 Å². The van der Waals surface area contributed by atoms with E-state index in [9.17, 15) is 4.79 Å². The summed E-state index contributed by atoms with van der Waals surface area (Å²) < 4.78 is 9.83. The zero-order valence-corrected chi connectivity index (χ0v) is 9.81. The Morgan fingerprint density at radius 1 is 1.50 bits per heavy atom. The second-order valence-corrected chi connectivity index (χ2v) is 3.46. The molecule has 0 spiro atoms. The van der Waals surface area contributed by atoms with Crippen LogP contribution in [-0.4, -0.2) is 42.1 Å². The standard InChI is InChI=1S/C11H20O5/c1-3-4-5-16-11(14)9(2)7-15-8-10(13)6-12/h7,10,12-13H,3-6,8H2,1-2H3. The van der Waals surface area contributed by atoms with Gasteiger partial charge in [0.2, 0.25) is 0 Å². The van der Waals surface area contributed by atoms with E-state index in [1.54, 1.807) is 6.92 Å². The first kappa shape index (κ1) is 14.9. The fourth-order valence-corrected chi connectivity index (χ4v) is 0.808. The first-order valence-electron chi connectivity index (χ1n) is 5.36. The zero-order valence-electron chi connectivity index (χ0n) is 9.81. The van der Waals surface area contributed by atoms with Crippen molar-refractivity contribution in [2.24, 2.45) is 0 Å². The van der Waals surface area contributed by atoms with Crippen molar-refractivity contribution in [3.8, 4) is 0 Å². The van der Waals surface area contributed by atoms with Gasteiger partial charge in [0.15, 0.2) is 0 Å². The van der Waals surface area contributed by atoms with Gasteiger partial charge in [-0.15, -0.1) is 0 Å². The lowest BCUT2D eigenvalue weighted by Crippen LogP contribution is -2.18.